The molecule has 2 N–H and O–H groups in total. The second-order valence-corrected chi connectivity index (χ2v) is 4.18. The molecule has 18 heavy (non-hydrogen) atoms. The zero-order valence-electron chi connectivity index (χ0n) is 9.57. The molecule has 98 valence electrons. The smallest absolute Gasteiger partial charge is 0.317 e. The quantitative estimate of drug-likeness (QED) is 0.781. The molecule has 0 amide bonds. The zero-order valence-corrected chi connectivity index (χ0v) is 10.3. The van der Waals surface area contributed by atoms with E-state index in [4.69, 9.17) is 16.7 Å². The van der Waals surface area contributed by atoms with Crippen LogP contribution in [-0.4, -0.2) is 34.2 Å². The molecule has 1 aromatic rings. The monoisotopic (exact) mass is 273 g/mol. The molecule has 0 unspecified atom stereocenters. The lowest BCUT2D eigenvalue weighted by Crippen LogP contribution is -2.29. The van der Waals surface area contributed by atoms with E-state index in [-0.39, 0.29) is 23.7 Å². The fourth-order valence-corrected chi connectivity index (χ4v) is 1.77. The highest BCUT2D eigenvalue weighted by molar-refractivity contribution is 6.30. The molecule has 0 spiro atoms. The summed E-state index contributed by atoms with van der Waals surface area (Å²) < 4.78 is 13.2. The molecule has 0 saturated heterocycles. The highest BCUT2D eigenvalue weighted by Crippen LogP contribution is 2.26. The van der Waals surface area contributed by atoms with Gasteiger partial charge in [0.2, 0.25) is 0 Å². The maximum Gasteiger partial charge on any atom is 0.317 e. The van der Waals surface area contributed by atoms with Crippen LogP contribution in [-0.2, 0) is 11.3 Å². The van der Waals surface area contributed by atoms with Gasteiger partial charge in [-0.2, -0.15) is 0 Å². The van der Waals surface area contributed by atoms with Crippen LogP contribution in [0.4, 0.5) is 4.39 Å². The van der Waals surface area contributed by atoms with Crippen molar-refractivity contribution in [1.82, 2.24) is 4.90 Å². The van der Waals surface area contributed by atoms with Crippen molar-refractivity contribution in [3.05, 3.63) is 41.2 Å². The summed E-state index contributed by atoms with van der Waals surface area (Å²) in [6.07, 6.45) is 1.53. The van der Waals surface area contributed by atoms with Gasteiger partial charge in [0.25, 0.3) is 0 Å². The third-order valence-corrected chi connectivity index (χ3v) is 2.47. The van der Waals surface area contributed by atoms with Crippen molar-refractivity contribution >= 4 is 17.6 Å². The van der Waals surface area contributed by atoms with Crippen molar-refractivity contribution in [2.24, 2.45) is 0 Å². The Morgan fingerprint density at radius 2 is 2.22 bits per heavy atom. The van der Waals surface area contributed by atoms with Gasteiger partial charge >= 0.3 is 5.97 Å². The van der Waals surface area contributed by atoms with E-state index in [1.54, 1.807) is 0 Å². The lowest BCUT2D eigenvalue weighted by atomic mass is 10.1. The number of phenols is 1. The number of hydrogen-bond acceptors (Lipinski definition) is 3. The first-order valence-corrected chi connectivity index (χ1v) is 5.53. The number of aliphatic carboxylic acids is 1. The number of phenolic OH excluding ortho intramolecular Hbond substituents is 1. The Morgan fingerprint density at radius 3 is 2.78 bits per heavy atom. The van der Waals surface area contributed by atoms with Crippen molar-refractivity contribution in [3.8, 4) is 5.75 Å². The number of benzene rings is 1. The summed E-state index contributed by atoms with van der Waals surface area (Å²) in [6.45, 7) is 3.65. The fourth-order valence-electron chi connectivity index (χ4n) is 1.54. The van der Waals surface area contributed by atoms with Crippen molar-refractivity contribution < 1.29 is 19.4 Å². The summed E-state index contributed by atoms with van der Waals surface area (Å²) in [5, 5.41) is 18.4. The van der Waals surface area contributed by atoms with Crippen LogP contribution in [0.1, 0.15) is 5.56 Å². The summed E-state index contributed by atoms with van der Waals surface area (Å²) in [7, 11) is 0. The van der Waals surface area contributed by atoms with Crippen LogP contribution in [0.15, 0.2) is 24.8 Å². The first-order chi connectivity index (χ1) is 8.43. The topological polar surface area (TPSA) is 60.8 Å². The van der Waals surface area contributed by atoms with Crippen LogP contribution in [0, 0.1) is 5.82 Å². The van der Waals surface area contributed by atoms with Crippen molar-refractivity contribution in [2.75, 3.05) is 13.1 Å². The summed E-state index contributed by atoms with van der Waals surface area (Å²) in [6, 6.07) is 2.40. The molecule has 1 rings (SSSR count). The predicted octanol–water partition coefficient (Wildman–Crippen LogP) is 2.26. The average Bonchev–Trinajstić information content (AvgIpc) is 2.24. The minimum Gasteiger partial charge on any atom is -0.505 e. The molecular formula is C12H13ClFNO3. The Labute approximate surface area is 109 Å². The first kappa shape index (κ1) is 14.5. The minimum atomic E-state index is -1.01. The molecule has 0 fully saturated rings. The predicted molar refractivity (Wildman–Crippen MR) is 66.2 cm³/mol. The summed E-state index contributed by atoms with van der Waals surface area (Å²) in [4.78, 5) is 12.1. The molecular weight excluding hydrogens is 261 g/mol. The van der Waals surface area contributed by atoms with Crippen LogP contribution < -0.4 is 0 Å². The van der Waals surface area contributed by atoms with Gasteiger partial charge in [-0.3, -0.25) is 9.69 Å². The van der Waals surface area contributed by atoms with Crippen LogP contribution in [0.25, 0.3) is 0 Å². The van der Waals surface area contributed by atoms with Gasteiger partial charge in [-0.05, 0) is 12.1 Å². The minimum absolute atomic E-state index is 0.0711. The van der Waals surface area contributed by atoms with Crippen LogP contribution in [0.3, 0.4) is 0 Å². The lowest BCUT2D eigenvalue weighted by molar-refractivity contribution is -0.138. The van der Waals surface area contributed by atoms with Gasteiger partial charge < -0.3 is 10.2 Å². The molecule has 0 aliphatic heterocycles. The molecule has 0 heterocycles. The molecule has 0 radical (unpaired) electrons. The second kappa shape index (κ2) is 6.37. The average molecular weight is 274 g/mol. The Hall–Kier alpha value is -1.59. The number of nitrogens with zero attached hydrogens (tertiary/aromatic N) is 1. The maximum atomic E-state index is 13.2. The van der Waals surface area contributed by atoms with E-state index in [9.17, 15) is 14.3 Å². The molecule has 0 saturated carbocycles. The molecule has 0 aliphatic rings. The Morgan fingerprint density at radius 1 is 1.56 bits per heavy atom. The largest absolute Gasteiger partial charge is 0.505 e. The Balaban J connectivity index is 2.92. The van der Waals surface area contributed by atoms with E-state index in [0.29, 0.717) is 6.54 Å². The van der Waals surface area contributed by atoms with E-state index in [1.807, 2.05) is 0 Å². The standard InChI is InChI=1S/C12H13ClFNO3/c1-2-3-15(7-11(16)17)6-8-4-9(13)5-10(14)12(8)18/h2,4-5,18H,1,3,6-7H2,(H,16,17). The van der Waals surface area contributed by atoms with Crippen LogP contribution in [0.5, 0.6) is 5.75 Å². The third-order valence-electron chi connectivity index (χ3n) is 2.25. The van der Waals surface area contributed by atoms with Crippen molar-refractivity contribution in [1.29, 1.82) is 0 Å². The summed E-state index contributed by atoms with van der Waals surface area (Å²) in [5.74, 6) is -2.36. The number of rotatable bonds is 6. The van der Waals surface area contributed by atoms with E-state index in [1.165, 1.54) is 17.0 Å². The summed E-state index contributed by atoms with van der Waals surface area (Å²) >= 11 is 5.68. The Bertz CT molecular complexity index is 465. The van der Waals surface area contributed by atoms with Gasteiger partial charge in [0.15, 0.2) is 11.6 Å². The van der Waals surface area contributed by atoms with Crippen LogP contribution >= 0.6 is 11.6 Å². The van der Waals surface area contributed by atoms with Crippen molar-refractivity contribution in [3.63, 3.8) is 0 Å². The fraction of sp³-hybridized carbons (Fsp3) is 0.250. The SMILES string of the molecule is C=CCN(CC(=O)O)Cc1cc(Cl)cc(F)c1O. The maximum absolute atomic E-state index is 13.2. The first-order valence-electron chi connectivity index (χ1n) is 5.16. The van der Waals surface area contributed by atoms with Gasteiger partial charge in [-0.15, -0.1) is 6.58 Å². The van der Waals surface area contributed by atoms with Gasteiger partial charge in [-0.25, -0.2) is 4.39 Å². The highest BCUT2D eigenvalue weighted by atomic mass is 35.5. The highest BCUT2D eigenvalue weighted by Gasteiger charge is 2.14. The third kappa shape index (κ3) is 4.01. The molecule has 6 heteroatoms. The van der Waals surface area contributed by atoms with Crippen LogP contribution in [0.2, 0.25) is 5.02 Å². The molecule has 0 aliphatic carbocycles. The number of carboxylic acids is 1. The molecule has 0 bridgehead atoms. The number of halogens is 2. The van der Waals surface area contributed by atoms with Gasteiger partial charge in [0, 0.05) is 23.7 Å². The number of aromatic hydroxyl groups is 1. The van der Waals surface area contributed by atoms with E-state index < -0.39 is 17.5 Å². The molecule has 0 aromatic heterocycles. The van der Waals surface area contributed by atoms with Gasteiger partial charge in [-0.1, -0.05) is 17.7 Å². The second-order valence-electron chi connectivity index (χ2n) is 3.75. The number of carbonyl (C=O) groups is 1. The normalized spacial score (nSPS) is 10.6. The Kier molecular flexibility index (Phi) is 5.12. The van der Waals surface area contributed by atoms with Crippen molar-refractivity contribution in [2.45, 2.75) is 6.54 Å². The van der Waals surface area contributed by atoms with E-state index >= 15 is 0 Å². The molecule has 4 nitrogen and oxygen atoms in total. The number of carboxylic acid groups (broad SMARTS) is 1. The van der Waals surface area contributed by atoms with Gasteiger partial charge in [0.05, 0.1) is 6.54 Å². The van der Waals surface area contributed by atoms with E-state index in [0.717, 1.165) is 6.07 Å². The molecule has 1 aromatic carbocycles. The lowest BCUT2D eigenvalue weighted by Gasteiger charge is -2.19. The number of hydrogen-bond donors (Lipinski definition) is 2. The zero-order chi connectivity index (χ0) is 13.7. The molecule has 0 atom stereocenters. The van der Waals surface area contributed by atoms with E-state index in [2.05, 4.69) is 6.58 Å². The summed E-state index contributed by atoms with van der Waals surface area (Å²) in [5.41, 5.74) is 0.239. The van der Waals surface area contributed by atoms with Gasteiger partial charge in [0.1, 0.15) is 0 Å².